The van der Waals surface area contributed by atoms with Gasteiger partial charge in [0.15, 0.2) is 0 Å². The molecule has 1 aromatic rings. The minimum Gasteiger partial charge on any atom is -0.348 e. The van der Waals surface area contributed by atoms with E-state index in [0.29, 0.717) is 11.5 Å². The molecule has 1 saturated carbocycles. The number of hydrogen-bond acceptors (Lipinski definition) is 3. The molecule has 1 N–H and O–H groups in total. The predicted molar refractivity (Wildman–Crippen MR) is 65.7 cm³/mol. The van der Waals surface area contributed by atoms with Crippen molar-refractivity contribution in [2.24, 2.45) is 5.41 Å². The first kappa shape index (κ1) is 14.7. The van der Waals surface area contributed by atoms with E-state index in [1.165, 1.54) is 0 Å². The van der Waals surface area contributed by atoms with Crippen LogP contribution in [0.4, 0.5) is 13.2 Å². The fourth-order valence-electron chi connectivity index (χ4n) is 2.10. The Morgan fingerprint density at radius 3 is 2.65 bits per heavy atom. The maximum Gasteiger partial charge on any atom is 0.395 e. The fraction of sp³-hybridized carbons (Fsp3) is 0.615. The van der Waals surface area contributed by atoms with Crippen LogP contribution >= 0.6 is 0 Å². The van der Waals surface area contributed by atoms with Crippen LogP contribution < -0.4 is 5.32 Å². The summed E-state index contributed by atoms with van der Waals surface area (Å²) in [6, 6.07) is 1.20. The Bertz CT molecular complexity index is 512. The molecule has 1 atom stereocenters. The molecule has 4 nitrogen and oxygen atoms in total. The number of aromatic nitrogens is 2. The Hall–Kier alpha value is -1.66. The Balaban J connectivity index is 1.95. The number of amides is 1. The number of nitrogens with zero attached hydrogens (tertiary/aromatic N) is 2. The van der Waals surface area contributed by atoms with Gasteiger partial charge in [-0.3, -0.25) is 4.79 Å². The third-order valence-electron chi connectivity index (χ3n) is 3.57. The molecule has 0 radical (unpaired) electrons. The van der Waals surface area contributed by atoms with E-state index in [0.717, 1.165) is 0 Å². The minimum atomic E-state index is -4.31. The second kappa shape index (κ2) is 5.03. The van der Waals surface area contributed by atoms with Crippen molar-refractivity contribution in [3.8, 4) is 0 Å². The predicted octanol–water partition coefficient (Wildman–Crippen LogP) is 2.69. The molecule has 1 unspecified atom stereocenters. The molecule has 0 aromatic carbocycles. The smallest absolute Gasteiger partial charge is 0.348 e. The highest BCUT2D eigenvalue weighted by Gasteiger charge is 2.63. The maximum absolute atomic E-state index is 12.8. The average molecular weight is 287 g/mol. The normalized spacial score (nSPS) is 18.4. The molecule has 1 amide bonds. The largest absolute Gasteiger partial charge is 0.395 e. The van der Waals surface area contributed by atoms with Gasteiger partial charge in [0.05, 0.1) is 17.2 Å². The van der Waals surface area contributed by atoms with E-state index in [9.17, 15) is 18.0 Å². The number of aryl methyl sites for hydroxylation is 1. The van der Waals surface area contributed by atoms with E-state index in [1.807, 2.05) is 0 Å². The molecule has 2 rings (SSSR count). The molecule has 0 saturated heterocycles. The van der Waals surface area contributed by atoms with Crippen molar-refractivity contribution in [1.82, 2.24) is 15.3 Å². The summed E-state index contributed by atoms with van der Waals surface area (Å²) in [6.07, 6.45) is -3.20. The van der Waals surface area contributed by atoms with Crippen LogP contribution in [0.5, 0.6) is 0 Å². The highest BCUT2D eigenvalue weighted by molar-refractivity contribution is 5.77. The van der Waals surface area contributed by atoms with E-state index >= 15 is 0 Å². The van der Waals surface area contributed by atoms with Crippen LogP contribution in [0.1, 0.15) is 43.7 Å². The SMILES string of the molecule is Cc1nccc(C(C)NC(=O)CC2(C(F)(F)F)CC2)n1. The van der Waals surface area contributed by atoms with Crippen molar-refractivity contribution in [3.63, 3.8) is 0 Å². The van der Waals surface area contributed by atoms with Crippen LogP contribution in [0.25, 0.3) is 0 Å². The van der Waals surface area contributed by atoms with Crippen LogP contribution in [-0.2, 0) is 4.79 Å². The number of rotatable bonds is 4. The summed E-state index contributed by atoms with van der Waals surface area (Å²) in [4.78, 5) is 19.8. The number of alkyl halides is 3. The summed E-state index contributed by atoms with van der Waals surface area (Å²) < 4.78 is 38.3. The van der Waals surface area contributed by atoms with Crippen molar-refractivity contribution in [3.05, 3.63) is 23.8 Å². The standard InChI is InChI=1S/C13H16F3N3O/c1-8(10-3-6-17-9(2)19-10)18-11(20)7-12(4-5-12)13(14,15)16/h3,6,8H,4-5,7H2,1-2H3,(H,18,20). The average Bonchev–Trinajstić information content (AvgIpc) is 3.09. The van der Waals surface area contributed by atoms with Gasteiger partial charge in [0, 0.05) is 12.6 Å². The Morgan fingerprint density at radius 2 is 2.15 bits per heavy atom. The van der Waals surface area contributed by atoms with Crippen molar-refractivity contribution < 1.29 is 18.0 Å². The number of halogens is 3. The van der Waals surface area contributed by atoms with Gasteiger partial charge in [-0.25, -0.2) is 9.97 Å². The molecule has 1 fully saturated rings. The Morgan fingerprint density at radius 1 is 1.50 bits per heavy atom. The number of nitrogens with one attached hydrogen (secondary N) is 1. The van der Waals surface area contributed by atoms with Gasteiger partial charge in [-0.15, -0.1) is 0 Å². The quantitative estimate of drug-likeness (QED) is 0.926. The van der Waals surface area contributed by atoms with Crippen molar-refractivity contribution in [2.45, 2.75) is 45.3 Å². The lowest BCUT2D eigenvalue weighted by Gasteiger charge is -2.20. The topological polar surface area (TPSA) is 54.9 Å². The van der Waals surface area contributed by atoms with E-state index in [2.05, 4.69) is 15.3 Å². The summed E-state index contributed by atoms with van der Waals surface area (Å²) in [7, 11) is 0. The van der Waals surface area contributed by atoms with Gasteiger partial charge in [-0.2, -0.15) is 13.2 Å². The molecular formula is C13H16F3N3O. The lowest BCUT2D eigenvalue weighted by atomic mass is 10.0. The number of carbonyl (C=O) groups is 1. The second-order valence-electron chi connectivity index (χ2n) is 5.27. The van der Waals surface area contributed by atoms with Gasteiger partial charge in [-0.05, 0) is 32.8 Å². The fourth-order valence-corrected chi connectivity index (χ4v) is 2.10. The molecule has 0 spiro atoms. The van der Waals surface area contributed by atoms with E-state index in [1.54, 1.807) is 26.1 Å². The van der Waals surface area contributed by atoms with E-state index in [4.69, 9.17) is 0 Å². The number of carbonyl (C=O) groups excluding carboxylic acids is 1. The zero-order chi connectivity index (χ0) is 15.0. The first-order valence-corrected chi connectivity index (χ1v) is 6.39. The summed E-state index contributed by atoms with van der Waals surface area (Å²) in [5.41, 5.74) is -1.22. The van der Waals surface area contributed by atoms with Gasteiger partial charge >= 0.3 is 6.18 Å². The maximum atomic E-state index is 12.8. The zero-order valence-electron chi connectivity index (χ0n) is 11.3. The third kappa shape index (κ3) is 3.08. The molecule has 1 aliphatic rings. The number of hydrogen-bond donors (Lipinski definition) is 1. The molecule has 1 aromatic heterocycles. The summed E-state index contributed by atoms with van der Waals surface area (Å²) in [6.45, 7) is 3.40. The minimum absolute atomic E-state index is 0.0327. The first-order valence-electron chi connectivity index (χ1n) is 6.39. The van der Waals surface area contributed by atoms with E-state index in [-0.39, 0.29) is 12.8 Å². The summed E-state index contributed by atoms with van der Waals surface area (Å²) >= 11 is 0. The first-order chi connectivity index (χ1) is 9.23. The van der Waals surface area contributed by atoms with Crippen LogP contribution in [0.3, 0.4) is 0 Å². The van der Waals surface area contributed by atoms with Gasteiger partial charge in [0.2, 0.25) is 5.91 Å². The third-order valence-corrected chi connectivity index (χ3v) is 3.57. The Kier molecular flexibility index (Phi) is 3.71. The van der Waals surface area contributed by atoms with Crippen LogP contribution in [-0.4, -0.2) is 22.1 Å². The lowest BCUT2D eigenvalue weighted by Crippen LogP contribution is -2.34. The molecule has 0 aliphatic heterocycles. The van der Waals surface area contributed by atoms with Crippen molar-refractivity contribution in [2.75, 3.05) is 0 Å². The van der Waals surface area contributed by atoms with Crippen molar-refractivity contribution >= 4 is 5.91 Å². The molecule has 0 bridgehead atoms. The monoisotopic (exact) mass is 287 g/mol. The summed E-state index contributed by atoms with van der Waals surface area (Å²) in [5.74, 6) is -0.0406. The summed E-state index contributed by atoms with van der Waals surface area (Å²) in [5, 5.41) is 2.56. The van der Waals surface area contributed by atoms with Crippen molar-refractivity contribution in [1.29, 1.82) is 0 Å². The molecular weight excluding hydrogens is 271 g/mol. The van der Waals surface area contributed by atoms with E-state index < -0.39 is 30.0 Å². The van der Waals surface area contributed by atoms with Gasteiger partial charge < -0.3 is 5.32 Å². The second-order valence-corrected chi connectivity index (χ2v) is 5.27. The van der Waals surface area contributed by atoms with Gasteiger partial charge in [-0.1, -0.05) is 0 Å². The van der Waals surface area contributed by atoms with Gasteiger partial charge in [0.1, 0.15) is 5.82 Å². The van der Waals surface area contributed by atoms with Crippen LogP contribution in [0.15, 0.2) is 12.3 Å². The molecule has 20 heavy (non-hydrogen) atoms. The molecule has 110 valence electrons. The highest BCUT2D eigenvalue weighted by atomic mass is 19.4. The highest BCUT2D eigenvalue weighted by Crippen LogP contribution is 2.59. The van der Waals surface area contributed by atoms with Crippen LogP contribution in [0, 0.1) is 12.3 Å². The lowest BCUT2D eigenvalue weighted by molar-refractivity contribution is -0.190. The molecule has 7 heteroatoms. The van der Waals surface area contributed by atoms with Gasteiger partial charge in [0.25, 0.3) is 0 Å². The van der Waals surface area contributed by atoms with Crippen LogP contribution in [0.2, 0.25) is 0 Å². The molecule has 1 heterocycles. The molecule has 1 aliphatic carbocycles. The zero-order valence-corrected chi connectivity index (χ0v) is 11.3. The Labute approximate surface area is 114 Å².